The molecule has 0 radical (unpaired) electrons. The van der Waals surface area contributed by atoms with Crippen LogP contribution >= 0.6 is 0 Å². The van der Waals surface area contributed by atoms with Crippen molar-refractivity contribution in [1.82, 2.24) is 0 Å². The summed E-state index contributed by atoms with van der Waals surface area (Å²) in [6, 6.07) is 7.49. The van der Waals surface area contributed by atoms with E-state index >= 15 is 0 Å². The Labute approximate surface area is 89.0 Å². The molecule has 0 bridgehead atoms. The first-order chi connectivity index (χ1) is 7.22. The topological polar surface area (TPSA) is 46.5 Å². The van der Waals surface area contributed by atoms with Crippen LogP contribution in [0.15, 0.2) is 30.8 Å². The molecule has 0 aliphatic rings. The van der Waals surface area contributed by atoms with E-state index < -0.39 is 5.97 Å². The van der Waals surface area contributed by atoms with E-state index in [1.54, 1.807) is 6.08 Å². The zero-order valence-corrected chi connectivity index (χ0v) is 8.48. The minimum Gasteiger partial charge on any atom is -0.494 e. The molecule has 0 aliphatic carbocycles. The van der Waals surface area contributed by atoms with E-state index in [4.69, 9.17) is 9.84 Å². The van der Waals surface area contributed by atoms with Gasteiger partial charge in [0, 0.05) is 6.42 Å². The van der Waals surface area contributed by atoms with Crippen molar-refractivity contribution in [1.29, 1.82) is 0 Å². The van der Waals surface area contributed by atoms with Gasteiger partial charge >= 0.3 is 5.97 Å². The van der Waals surface area contributed by atoms with Gasteiger partial charge in [-0.05, 0) is 24.1 Å². The van der Waals surface area contributed by atoms with Gasteiger partial charge in [-0.2, -0.15) is 0 Å². The summed E-state index contributed by atoms with van der Waals surface area (Å²) in [5.41, 5.74) is 1.04. The van der Waals surface area contributed by atoms with Crippen molar-refractivity contribution in [2.75, 3.05) is 6.61 Å². The second-order valence-electron chi connectivity index (χ2n) is 3.12. The Bertz CT molecular complexity index is 327. The van der Waals surface area contributed by atoms with E-state index in [0.717, 1.165) is 11.3 Å². The number of ether oxygens (including phenoxy) is 1. The van der Waals surface area contributed by atoms with E-state index in [2.05, 4.69) is 6.58 Å². The van der Waals surface area contributed by atoms with Gasteiger partial charge in [0.15, 0.2) is 0 Å². The minimum absolute atomic E-state index is 0.144. The van der Waals surface area contributed by atoms with Crippen molar-refractivity contribution in [3.05, 3.63) is 36.4 Å². The average molecular weight is 206 g/mol. The lowest BCUT2D eigenvalue weighted by atomic mass is 10.2. The summed E-state index contributed by atoms with van der Waals surface area (Å²) < 4.78 is 5.36. The van der Waals surface area contributed by atoms with Gasteiger partial charge in [-0.1, -0.05) is 24.8 Å². The van der Waals surface area contributed by atoms with Crippen molar-refractivity contribution in [3.8, 4) is 5.75 Å². The lowest BCUT2D eigenvalue weighted by Gasteiger charge is -2.04. The number of carboxylic acid groups (broad SMARTS) is 1. The minimum atomic E-state index is -0.791. The van der Waals surface area contributed by atoms with Gasteiger partial charge in [0.25, 0.3) is 0 Å². The fourth-order valence-corrected chi connectivity index (χ4v) is 1.11. The van der Waals surface area contributed by atoms with Gasteiger partial charge in [-0.25, -0.2) is 0 Å². The summed E-state index contributed by atoms with van der Waals surface area (Å²) in [7, 11) is 0. The molecule has 0 aliphatic heterocycles. The highest BCUT2D eigenvalue weighted by Crippen LogP contribution is 2.13. The predicted molar refractivity (Wildman–Crippen MR) is 58.9 cm³/mol. The number of rotatable bonds is 6. The monoisotopic (exact) mass is 206 g/mol. The first-order valence-corrected chi connectivity index (χ1v) is 4.79. The van der Waals surface area contributed by atoms with Crippen LogP contribution in [0.4, 0.5) is 0 Å². The van der Waals surface area contributed by atoms with Gasteiger partial charge in [-0.15, -0.1) is 0 Å². The molecule has 0 spiro atoms. The molecule has 3 heteroatoms. The molecule has 0 amide bonds. The quantitative estimate of drug-likeness (QED) is 0.727. The molecule has 1 aromatic carbocycles. The first kappa shape index (κ1) is 11.3. The molecule has 80 valence electrons. The van der Waals surface area contributed by atoms with Crippen molar-refractivity contribution in [2.24, 2.45) is 0 Å². The molecule has 0 heterocycles. The van der Waals surface area contributed by atoms with Crippen LogP contribution in [0.25, 0.3) is 6.08 Å². The molecule has 0 aromatic heterocycles. The summed E-state index contributed by atoms with van der Waals surface area (Å²) >= 11 is 0. The van der Waals surface area contributed by atoms with E-state index in [-0.39, 0.29) is 6.42 Å². The summed E-state index contributed by atoms with van der Waals surface area (Å²) in [5.74, 6) is -0.0356. The Kier molecular flexibility index (Phi) is 4.41. The normalized spacial score (nSPS) is 9.60. The maximum atomic E-state index is 10.2. The van der Waals surface area contributed by atoms with Crippen molar-refractivity contribution >= 4 is 12.0 Å². The Morgan fingerprint density at radius 2 is 2.07 bits per heavy atom. The molecule has 0 saturated carbocycles. The van der Waals surface area contributed by atoms with E-state index in [0.29, 0.717) is 13.0 Å². The van der Waals surface area contributed by atoms with Crippen molar-refractivity contribution in [3.63, 3.8) is 0 Å². The van der Waals surface area contributed by atoms with Gasteiger partial charge in [0.1, 0.15) is 5.75 Å². The third-order valence-corrected chi connectivity index (χ3v) is 1.92. The van der Waals surface area contributed by atoms with Crippen LogP contribution in [0, 0.1) is 0 Å². The van der Waals surface area contributed by atoms with Gasteiger partial charge in [0.2, 0.25) is 0 Å². The fraction of sp³-hybridized carbons (Fsp3) is 0.250. The summed E-state index contributed by atoms with van der Waals surface area (Å²) in [6.45, 7) is 4.08. The highest BCUT2D eigenvalue weighted by Gasteiger charge is 1.97. The SMILES string of the molecule is C=Cc1ccc(OCCCC(=O)O)cc1. The lowest BCUT2D eigenvalue weighted by molar-refractivity contribution is -0.137. The third-order valence-electron chi connectivity index (χ3n) is 1.92. The van der Waals surface area contributed by atoms with Crippen LogP contribution in [0.2, 0.25) is 0 Å². The van der Waals surface area contributed by atoms with Crippen LogP contribution in [-0.2, 0) is 4.79 Å². The maximum Gasteiger partial charge on any atom is 0.303 e. The number of carbonyl (C=O) groups is 1. The zero-order chi connectivity index (χ0) is 11.1. The Hall–Kier alpha value is -1.77. The zero-order valence-electron chi connectivity index (χ0n) is 8.48. The second kappa shape index (κ2) is 5.86. The largest absolute Gasteiger partial charge is 0.494 e. The fourth-order valence-electron chi connectivity index (χ4n) is 1.11. The molecule has 1 rings (SSSR count). The molecule has 0 fully saturated rings. The summed E-state index contributed by atoms with van der Waals surface area (Å²) in [6.07, 6.45) is 2.43. The summed E-state index contributed by atoms with van der Waals surface area (Å²) in [5, 5.41) is 8.41. The van der Waals surface area contributed by atoms with Gasteiger partial charge < -0.3 is 9.84 Å². The Morgan fingerprint density at radius 1 is 1.40 bits per heavy atom. The third kappa shape index (κ3) is 4.31. The lowest BCUT2D eigenvalue weighted by Crippen LogP contribution is -2.01. The molecule has 15 heavy (non-hydrogen) atoms. The maximum absolute atomic E-state index is 10.2. The van der Waals surface area contributed by atoms with E-state index in [9.17, 15) is 4.79 Å². The number of carboxylic acids is 1. The number of benzene rings is 1. The second-order valence-corrected chi connectivity index (χ2v) is 3.12. The molecule has 1 N–H and O–H groups in total. The standard InChI is InChI=1S/C12H14O3/c1-2-10-5-7-11(8-6-10)15-9-3-4-12(13)14/h2,5-8H,1,3-4,9H2,(H,13,14). The predicted octanol–water partition coefficient (Wildman–Crippen LogP) is 2.57. The highest BCUT2D eigenvalue weighted by molar-refractivity contribution is 5.66. The number of hydrogen-bond acceptors (Lipinski definition) is 2. The van der Waals surface area contributed by atoms with Crippen LogP contribution in [0.3, 0.4) is 0 Å². The van der Waals surface area contributed by atoms with Crippen molar-refractivity contribution in [2.45, 2.75) is 12.8 Å². The first-order valence-electron chi connectivity index (χ1n) is 4.79. The summed E-state index contributed by atoms with van der Waals surface area (Å²) in [4.78, 5) is 10.2. The average Bonchev–Trinajstić information content (AvgIpc) is 2.25. The smallest absolute Gasteiger partial charge is 0.303 e. The molecule has 0 unspecified atom stereocenters. The van der Waals surface area contributed by atoms with Crippen LogP contribution in [0.1, 0.15) is 18.4 Å². The van der Waals surface area contributed by atoms with Crippen molar-refractivity contribution < 1.29 is 14.6 Å². The number of aliphatic carboxylic acids is 1. The van der Waals surface area contributed by atoms with Crippen LogP contribution in [0.5, 0.6) is 5.75 Å². The van der Waals surface area contributed by atoms with E-state index in [1.807, 2.05) is 24.3 Å². The highest BCUT2D eigenvalue weighted by atomic mass is 16.5. The number of hydrogen-bond donors (Lipinski definition) is 1. The molecular weight excluding hydrogens is 192 g/mol. The van der Waals surface area contributed by atoms with E-state index in [1.165, 1.54) is 0 Å². The molecule has 0 saturated heterocycles. The molecule has 1 aromatic rings. The van der Waals surface area contributed by atoms with Crippen LogP contribution < -0.4 is 4.74 Å². The molecule has 3 nitrogen and oxygen atoms in total. The molecular formula is C12H14O3. The Balaban J connectivity index is 2.31. The van der Waals surface area contributed by atoms with Gasteiger partial charge in [0.05, 0.1) is 6.61 Å². The van der Waals surface area contributed by atoms with Crippen LogP contribution in [-0.4, -0.2) is 17.7 Å². The van der Waals surface area contributed by atoms with Gasteiger partial charge in [-0.3, -0.25) is 4.79 Å². The molecule has 0 atom stereocenters. The Morgan fingerprint density at radius 3 is 2.60 bits per heavy atom.